The van der Waals surface area contributed by atoms with Crippen LogP contribution in [0.3, 0.4) is 0 Å². The van der Waals surface area contributed by atoms with Crippen molar-refractivity contribution < 1.29 is 4.74 Å². The maximum atomic E-state index is 5.96. The maximum Gasteiger partial charge on any atom is 0.193 e. The molecule has 0 radical (unpaired) electrons. The van der Waals surface area contributed by atoms with Crippen LogP contribution in [-0.2, 0) is 13.2 Å². The highest BCUT2D eigenvalue weighted by Crippen LogP contribution is 2.21. The molecule has 0 fully saturated rings. The summed E-state index contributed by atoms with van der Waals surface area (Å²) in [4.78, 5) is 5.54. The molecule has 110 valence electrons. The van der Waals surface area contributed by atoms with Gasteiger partial charge in [-0.05, 0) is 19.5 Å². The number of thiazole rings is 1. The highest BCUT2D eigenvalue weighted by molar-refractivity contribution is 7.15. The largest absolute Gasteiger partial charge is 0.487 e. The first-order valence-corrected chi connectivity index (χ1v) is 7.98. The van der Waals surface area contributed by atoms with Gasteiger partial charge in [0, 0.05) is 29.9 Å². The molecule has 1 aromatic carbocycles. The van der Waals surface area contributed by atoms with Crippen molar-refractivity contribution >= 4 is 16.3 Å². The van der Waals surface area contributed by atoms with Gasteiger partial charge in [0.1, 0.15) is 12.4 Å². The molecule has 0 saturated heterocycles. The zero-order valence-electron chi connectivity index (χ0n) is 12.3. The van der Waals surface area contributed by atoms with Crippen LogP contribution >= 0.6 is 11.3 Å². The van der Waals surface area contributed by atoms with Gasteiger partial charge in [-0.25, -0.2) is 4.98 Å². The topological polar surface area (TPSA) is 38.6 Å². The lowest BCUT2D eigenvalue weighted by molar-refractivity contribution is 0.298. The molecule has 2 aromatic heterocycles. The SMILES string of the molecule is CCNCc1cc(C)ccc1OCc1cn2ccsc2n1. The number of aromatic nitrogens is 2. The van der Waals surface area contributed by atoms with Crippen molar-refractivity contribution in [3.05, 3.63) is 52.8 Å². The van der Waals surface area contributed by atoms with Crippen LogP contribution in [0.15, 0.2) is 36.0 Å². The van der Waals surface area contributed by atoms with E-state index in [1.54, 1.807) is 11.3 Å². The molecule has 4 nitrogen and oxygen atoms in total. The van der Waals surface area contributed by atoms with Crippen molar-refractivity contribution in [2.75, 3.05) is 6.54 Å². The van der Waals surface area contributed by atoms with E-state index in [0.717, 1.165) is 29.5 Å². The predicted molar refractivity (Wildman–Crippen MR) is 86.0 cm³/mol. The maximum absolute atomic E-state index is 5.96. The van der Waals surface area contributed by atoms with E-state index >= 15 is 0 Å². The molecule has 0 bridgehead atoms. The van der Waals surface area contributed by atoms with Crippen LogP contribution in [0.25, 0.3) is 4.96 Å². The second-order valence-corrected chi connectivity index (χ2v) is 5.88. The standard InChI is InChI=1S/C16H19N3OS/c1-3-17-9-13-8-12(2)4-5-15(13)20-11-14-10-19-6-7-21-16(19)18-14/h4-8,10,17H,3,9,11H2,1-2H3. The summed E-state index contributed by atoms with van der Waals surface area (Å²) in [7, 11) is 0. The van der Waals surface area contributed by atoms with Crippen molar-refractivity contribution in [2.24, 2.45) is 0 Å². The number of hydrogen-bond acceptors (Lipinski definition) is 4. The number of hydrogen-bond donors (Lipinski definition) is 1. The lowest BCUT2D eigenvalue weighted by Crippen LogP contribution is -2.13. The molecule has 2 heterocycles. The molecule has 0 saturated carbocycles. The van der Waals surface area contributed by atoms with Crippen molar-refractivity contribution in [1.82, 2.24) is 14.7 Å². The molecule has 0 atom stereocenters. The number of nitrogens with one attached hydrogen (secondary N) is 1. The highest BCUT2D eigenvalue weighted by atomic mass is 32.1. The van der Waals surface area contributed by atoms with Crippen molar-refractivity contribution in [1.29, 1.82) is 0 Å². The Hall–Kier alpha value is -1.85. The zero-order valence-corrected chi connectivity index (χ0v) is 13.1. The van der Waals surface area contributed by atoms with E-state index in [1.807, 2.05) is 28.2 Å². The van der Waals surface area contributed by atoms with E-state index in [1.165, 1.54) is 11.1 Å². The minimum atomic E-state index is 0.497. The van der Waals surface area contributed by atoms with Gasteiger partial charge in [0.25, 0.3) is 0 Å². The highest BCUT2D eigenvalue weighted by Gasteiger charge is 2.07. The third kappa shape index (κ3) is 3.25. The summed E-state index contributed by atoms with van der Waals surface area (Å²) in [6.07, 6.45) is 4.03. The van der Waals surface area contributed by atoms with Gasteiger partial charge in [0.2, 0.25) is 0 Å². The van der Waals surface area contributed by atoms with Crippen LogP contribution < -0.4 is 10.1 Å². The molecule has 3 aromatic rings. The first-order valence-electron chi connectivity index (χ1n) is 7.10. The quantitative estimate of drug-likeness (QED) is 0.758. The van der Waals surface area contributed by atoms with Crippen molar-refractivity contribution in [3.8, 4) is 5.75 Å². The second kappa shape index (κ2) is 6.28. The Morgan fingerprint density at radius 1 is 1.38 bits per heavy atom. The minimum absolute atomic E-state index is 0.497. The number of rotatable bonds is 6. The molecule has 0 amide bonds. The molecule has 0 aliphatic carbocycles. The van der Waals surface area contributed by atoms with E-state index in [9.17, 15) is 0 Å². The fraction of sp³-hybridized carbons (Fsp3) is 0.312. The third-order valence-electron chi connectivity index (χ3n) is 3.30. The van der Waals surface area contributed by atoms with Crippen molar-refractivity contribution in [3.63, 3.8) is 0 Å². The molecule has 1 N–H and O–H groups in total. The van der Waals surface area contributed by atoms with Gasteiger partial charge in [0.05, 0.1) is 5.69 Å². The zero-order chi connectivity index (χ0) is 14.7. The fourth-order valence-corrected chi connectivity index (χ4v) is 2.96. The first kappa shape index (κ1) is 14.1. The Kier molecular flexibility index (Phi) is 4.22. The summed E-state index contributed by atoms with van der Waals surface area (Å²) in [5, 5.41) is 5.38. The van der Waals surface area contributed by atoms with Gasteiger partial charge < -0.3 is 10.1 Å². The Bertz CT molecular complexity index is 704. The summed E-state index contributed by atoms with van der Waals surface area (Å²) >= 11 is 1.63. The second-order valence-electron chi connectivity index (χ2n) is 5.01. The van der Waals surface area contributed by atoms with Gasteiger partial charge in [-0.1, -0.05) is 24.6 Å². The summed E-state index contributed by atoms with van der Waals surface area (Å²) in [6, 6.07) is 6.29. The van der Waals surface area contributed by atoms with Crippen LogP contribution in [0.2, 0.25) is 0 Å². The summed E-state index contributed by atoms with van der Waals surface area (Å²) in [5.41, 5.74) is 3.40. The number of nitrogens with zero attached hydrogens (tertiary/aromatic N) is 2. The summed E-state index contributed by atoms with van der Waals surface area (Å²) in [6.45, 7) is 6.48. The average molecular weight is 301 g/mol. The lowest BCUT2D eigenvalue weighted by Gasteiger charge is -2.12. The third-order valence-corrected chi connectivity index (χ3v) is 4.07. The average Bonchev–Trinajstić information content (AvgIpc) is 3.05. The van der Waals surface area contributed by atoms with E-state index in [0.29, 0.717) is 6.61 Å². The number of aryl methyl sites for hydroxylation is 1. The van der Waals surface area contributed by atoms with E-state index in [-0.39, 0.29) is 0 Å². The van der Waals surface area contributed by atoms with Crippen LogP contribution in [0.4, 0.5) is 0 Å². The van der Waals surface area contributed by atoms with Crippen LogP contribution in [-0.4, -0.2) is 15.9 Å². The Morgan fingerprint density at radius 3 is 3.10 bits per heavy atom. The normalized spacial score (nSPS) is 11.1. The molecule has 0 aliphatic rings. The lowest BCUT2D eigenvalue weighted by atomic mass is 10.1. The smallest absolute Gasteiger partial charge is 0.193 e. The number of imidazole rings is 1. The van der Waals surface area contributed by atoms with Crippen LogP contribution in [0.5, 0.6) is 5.75 Å². The Morgan fingerprint density at radius 2 is 2.29 bits per heavy atom. The van der Waals surface area contributed by atoms with Gasteiger partial charge in [-0.2, -0.15) is 0 Å². The van der Waals surface area contributed by atoms with Crippen molar-refractivity contribution in [2.45, 2.75) is 27.0 Å². The van der Waals surface area contributed by atoms with Gasteiger partial charge in [-0.3, -0.25) is 4.40 Å². The molecule has 5 heteroatoms. The fourth-order valence-electron chi connectivity index (χ4n) is 2.24. The minimum Gasteiger partial charge on any atom is -0.487 e. The van der Waals surface area contributed by atoms with Gasteiger partial charge in [0.15, 0.2) is 4.96 Å². The van der Waals surface area contributed by atoms with E-state index < -0.39 is 0 Å². The van der Waals surface area contributed by atoms with Gasteiger partial charge in [-0.15, -0.1) is 11.3 Å². The van der Waals surface area contributed by atoms with E-state index in [4.69, 9.17) is 4.74 Å². The molecule has 3 rings (SSSR count). The summed E-state index contributed by atoms with van der Waals surface area (Å²) < 4.78 is 7.99. The molecular weight excluding hydrogens is 282 g/mol. The number of benzene rings is 1. The van der Waals surface area contributed by atoms with E-state index in [2.05, 4.69) is 36.3 Å². The van der Waals surface area contributed by atoms with Crippen LogP contribution in [0, 0.1) is 6.92 Å². The number of ether oxygens (including phenoxy) is 1. The molecule has 0 spiro atoms. The predicted octanol–water partition coefficient (Wildman–Crippen LogP) is 3.39. The van der Waals surface area contributed by atoms with Crippen LogP contribution in [0.1, 0.15) is 23.7 Å². The first-order chi connectivity index (χ1) is 10.3. The molecule has 0 unspecified atom stereocenters. The Labute approximate surface area is 128 Å². The monoisotopic (exact) mass is 301 g/mol. The molecule has 21 heavy (non-hydrogen) atoms. The van der Waals surface area contributed by atoms with Gasteiger partial charge >= 0.3 is 0 Å². The number of fused-ring (bicyclic) bond motifs is 1. The molecule has 0 aliphatic heterocycles. The molecular formula is C16H19N3OS. The summed E-state index contributed by atoms with van der Waals surface area (Å²) in [5.74, 6) is 0.929. The Balaban J connectivity index is 1.73.